The van der Waals surface area contributed by atoms with E-state index in [-0.39, 0.29) is 0 Å². The summed E-state index contributed by atoms with van der Waals surface area (Å²) in [5.74, 6) is -46.9. The van der Waals surface area contributed by atoms with E-state index in [2.05, 4.69) is 25.4 Å². The van der Waals surface area contributed by atoms with Crippen molar-refractivity contribution in [3.8, 4) is 0 Å². The summed E-state index contributed by atoms with van der Waals surface area (Å²) < 4.78 is 211. The number of hydrogen-bond donors (Lipinski definition) is 1. The molecule has 4 aliphatic rings. The van der Waals surface area contributed by atoms with Crippen LogP contribution in [0.4, 0.5) is 61.5 Å². The van der Waals surface area contributed by atoms with E-state index in [1.54, 1.807) is 0 Å². The van der Waals surface area contributed by atoms with Gasteiger partial charge in [0, 0.05) is 0 Å². The Hall–Kier alpha value is -1.11. The zero-order valence-corrected chi connectivity index (χ0v) is 16.5. The van der Waals surface area contributed by atoms with Crippen LogP contribution in [0.25, 0.3) is 0 Å². The molecule has 0 radical (unpaired) electrons. The van der Waals surface area contributed by atoms with E-state index in [9.17, 15) is 71.4 Å². The van der Waals surface area contributed by atoms with Crippen molar-refractivity contribution in [1.29, 1.82) is 0 Å². The van der Waals surface area contributed by atoms with Crippen molar-refractivity contribution in [1.82, 2.24) is 0 Å². The summed E-state index contributed by atoms with van der Waals surface area (Å²) in [5, 5.41) is 8.77. The van der Waals surface area contributed by atoms with Crippen molar-refractivity contribution in [3.05, 3.63) is 0 Å². The molecule has 1 N–H and O–H groups in total. The average molecular weight is 585 g/mol. The molecule has 0 aromatic heterocycles. The SMILES string of the molecule is O=C(CBr)OCCOC12C(F)(F)C3(O)C(F)(F)C(F)(C(F)(F)C(F)(C3(F)F)C1(F)F)C2(F)F. The number of esters is 1. The zero-order chi connectivity index (χ0) is 26.1. The summed E-state index contributed by atoms with van der Waals surface area (Å²) >= 11 is 2.45. The van der Waals surface area contributed by atoms with Gasteiger partial charge >= 0.3 is 52.8 Å². The van der Waals surface area contributed by atoms with Gasteiger partial charge in [0.2, 0.25) is 0 Å². The Balaban J connectivity index is 2.41. The van der Waals surface area contributed by atoms with Crippen molar-refractivity contribution in [2.45, 2.75) is 58.1 Å². The minimum atomic E-state index is -7.78. The topological polar surface area (TPSA) is 55.8 Å². The van der Waals surface area contributed by atoms with Gasteiger partial charge in [-0.1, -0.05) is 15.9 Å². The highest BCUT2D eigenvalue weighted by Crippen LogP contribution is 2.87. The van der Waals surface area contributed by atoms with Crippen molar-refractivity contribution in [2.75, 3.05) is 18.5 Å². The highest BCUT2D eigenvalue weighted by Gasteiger charge is 3.22. The lowest BCUT2D eigenvalue weighted by Gasteiger charge is -2.75. The number of halogens is 15. The fourth-order valence-electron chi connectivity index (χ4n) is 4.50. The minimum absolute atomic E-state index is 0.688. The molecule has 33 heavy (non-hydrogen) atoms. The second kappa shape index (κ2) is 6.17. The molecule has 0 aliphatic heterocycles. The first-order valence-corrected chi connectivity index (χ1v) is 9.30. The van der Waals surface area contributed by atoms with E-state index in [0.717, 1.165) is 0 Å². The number of rotatable bonds is 5. The molecular formula is C14H7BrF14O4. The van der Waals surface area contributed by atoms with E-state index >= 15 is 0 Å². The monoisotopic (exact) mass is 584 g/mol. The largest absolute Gasteiger partial charge is 0.463 e. The van der Waals surface area contributed by atoms with Crippen LogP contribution in [0.2, 0.25) is 0 Å². The fourth-order valence-corrected chi connectivity index (χ4v) is 4.66. The van der Waals surface area contributed by atoms with E-state index in [4.69, 9.17) is 0 Å². The highest BCUT2D eigenvalue weighted by atomic mass is 79.9. The Morgan fingerprint density at radius 3 is 1.39 bits per heavy atom. The molecule has 0 spiro atoms. The Kier molecular flexibility index (Phi) is 4.95. The van der Waals surface area contributed by atoms with Gasteiger partial charge in [0.15, 0.2) is 0 Å². The van der Waals surface area contributed by atoms with Crippen LogP contribution in [0.3, 0.4) is 0 Å². The maximum atomic E-state index is 14.9. The molecule has 4 bridgehead atoms. The molecule has 19 heteroatoms. The third kappa shape index (κ3) is 1.89. The van der Waals surface area contributed by atoms with Gasteiger partial charge in [0.05, 0.1) is 6.61 Å². The van der Waals surface area contributed by atoms with Crippen molar-refractivity contribution < 1.29 is 80.8 Å². The van der Waals surface area contributed by atoms with Crippen molar-refractivity contribution in [2.24, 2.45) is 0 Å². The van der Waals surface area contributed by atoms with Gasteiger partial charge < -0.3 is 14.6 Å². The number of aliphatic hydroxyl groups is 1. The number of carbonyl (C=O) groups is 1. The number of alkyl halides is 15. The van der Waals surface area contributed by atoms with E-state index in [1.165, 1.54) is 0 Å². The van der Waals surface area contributed by atoms with Gasteiger partial charge in [-0.05, 0) is 0 Å². The fraction of sp³-hybridized carbons (Fsp3) is 0.929. The van der Waals surface area contributed by atoms with E-state index in [0.29, 0.717) is 0 Å². The quantitative estimate of drug-likeness (QED) is 0.232. The van der Waals surface area contributed by atoms with Crippen molar-refractivity contribution in [3.63, 3.8) is 0 Å². The molecule has 192 valence electrons. The van der Waals surface area contributed by atoms with Crippen LogP contribution < -0.4 is 0 Å². The maximum Gasteiger partial charge on any atom is 0.339 e. The van der Waals surface area contributed by atoms with Crippen molar-refractivity contribution >= 4 is 21.9 Å². The molecule has 2 atom stereocenters. The smallest absolute Gasteiger partial charge is 0.339 e. The Morgan fingerprint density at radius 1 is 0.636 bits per heavy atom. The molecular weight excluding hydrogens is 578 g/mol. The molecule has 0 aromatic rings. The lowest BCUT2D eigenvalue weighted by molar-refractivity contribution is -0.627. The summed E-state index contributed by atoms with van der Waals surface area (Å²) in [6.45, 7) is -3.81. The molecule has 4 aliphatic carbocycles. The molecule has 0 heterocycles. The Morgan fingerprint density at radius 2 is 1.03 bits per heavy atom. The van der Waals surface area contributed by atoms with E-state index in [1.807, 2.05) is 0 Å². The molecule has 4 fully saturated rings. The third-order valence-electron chi connectivity index (χ3n) is 6.06. The lowest BCUT2D eigenvalue weighted by Crippen LogP contribution is -3.10. The first-order valence-electron chi connectivity index (χ1n) is 8.18. The highest BCUT2D eigenvalue weighted by molar-refractivity contribution is 9.09. The molecule has 2 unspecified atom stereocenters. The van der Waals surface area contributed by atoms with Gasteiger partial charge in [0.1, 0.15) is 11.9 Å². The van der Waals surface area contributed by atoms with Crippen LogP contribution in [-0.2, 0) is 14.3 Å². The first kappa shape index (κ1) is 26.5. The van der Waals surface area contributed by atoms with Crippen LogP contribution in [0.1, 0.15) is 0 Å². The second-order valence-electron chi connectivity index (χ2n) is 7.36. The Labute approximate surface area is 180 Å². The maximum absolute atomic E-state index is 14.9. The van der Waals surface area contributed by atoms with Crippen LogP contribution in [0.5, 0.6) is 0 Å². The molecule has 0 amide bonds. The molecule has 4 rings (SSSR count). The normalized spacial score (nSPS) is 44.5. The molecule has 4 nitrogen and oxygen atoms in total. The third-order valence-corrected chi connectivity index (χ3v) is 6.52. The summed E-state index contributed by atoms with van der Waals surface area (Å²) in [4.78, 5) is 10.9. The van der Waals surface area contributed by atoms with Crippen LogP contribution >= 0.6 is 15.9 Å². The number of hydrogen-bond acceptors (Lipinski definition) is 4. The van der Waals surface area contributed by atoms with Gasteiger partial charge in [0.25, 0.3) is 11.2 Å². The average Bonchev–Trinajstić information content (AvgIpc) is 2.67. The first-order chi connectivity index (χ1) is 14.5. The van der Waals surface area contributed by atoms with Crippen LogP contribution in [0, 0.1) is 0 Å². The predicted molar refractivity (Wildman–Crippen MR) is 75.7 cm³/mol. The number of carbonyl (C=O) groups excluding carboxylic acids is 1. The zero-order valence-electron chi connectivity index (χ0n) is 15.0. The molecule has 4 saturated carbocycles. The van der Waals surface area contributed by atoms with Crippen LogP contribution in [-0.4, -0.2) is 87.7 Å². The van der Waals surface area contributed by atoms with Crippen LogP contribution in [0.15, 0.2) is 0 Å². The summed E-state index contributed by atoms with van der Waals surface area (Å²) in [5.41, 5.74) is -29.2. The Bertz CT molecular complexity index is 778. The second-order valence-corrected chi connectivity index (χ2v) is 7.92. The summed E-state index contributed by atoms with van der Waals surface area (Å²) in [7, 11) is 0. The summed E-state index contributed by atoms with van der Waals surface area (Å²) in [6, 6.07) is 0. The van der Waals surface area contributed by atoms with E-state index < -0.39 is 82.6 Å². The lowest BCUT2D eigenvalue weighted by atomic mass is 9.39. The number of ether oxygens (including phenoxy) is 2. The van der Waals surface area contributed by atoms with Gasteiger partial charge in [-0.3, -0.25) is 4.79 Å². The molecule has 0 saturated heterocycles. The van der Waals surface area contributed by atoms with Gasteiger partial charge in [-0.15, -0.1) is 0 Å². The summed E-state index contributed by atoms with van der Waals surface area (Å²) in [6.07, 6.45) is 0. The minimum Gasteiger partial charge on any atom is -0.463 e. The predicted octanol–water partition coefficient (Wildman–Crippen LogP) is 3.68. The van der Waals surface area contributed by atoms with Gasteiger partial charge in [-0.25, -0.2) is 8.78 Å². The molecule has 0 aromatic carbocycles. The van der Waals surface area contributed by atoms with Gasteiger partial charge in [-0.2, -0.15) is 52.7 Å². The standard InChI is InChI=1S/C14H7BrF14O4/c15-3-4(30)32-1-2-33-8-12(24,25)5(16)9(18,19)6(17,13(8,26)27)11(22,23)7(31,10(5,20)21)14(8,28)29/h31H,1-3H2.